The lowest BCUT2D eigenvalue weighted by Crippen LogP contribution is -2.32. The number of amides is 1. The molecule has 1 aliphatic carbocycles. The first-order valence-electron chi connectivity index (χ1n) is 10.2. The molecule has 0 radical (unpaired) electrons. The van der Waals surface area contributed by atoms with Crippen molar-refractivity contribution in [2.45, 2.75) is 40.0 Å². The summed E-state index contributed by atoms with van der Waals surface area (Å²) < 4.78 is 5.12. The molecule has 1 amide bonds. The number of fused-ring (bicyclic) bond motifs is 1. The van der Waals surface area contributed by atoms with Crippen LogP contribution in [0.25, 0.3) is 6.08 Å². The quantitative estimate of drug-likeness (QED) is 0.485. The fourth-order valence-corrected chi connectivity index (χ4v) is 5.26. The van der Waals surface area contributed by atoms with Crippen molar-refractivity contribution < 1.29 is 9.53 Å². The molecule has 0 spiro atoms. The molecule has 0 saturated heterocycles. The van der Waals surface area contributed by atoms with E-state index in [0.29, 0.717) is 16.5 Å². The van der Waals surface area contributed by atoms with E-state index in [2.05, 4.69) is 37.5 Å². The van der Waals surface area contributed by atoms with E-state index in [0.717, 1.165) is 36.1 Å². The zero-order chi connectivity index (χ0) is 22.6. The largest absolute Gasteiger partial charge is 0.497 e. The van der Waals surface area contributed by atoms with Crippen LogP contribution in [0.3, 0.4) is 0 Å². The van der Waals surface area contributed by atoms with Crippen LogP contribution >= 0.6 is 23.6 Å². The van der Waals surface area contributed by atoms with Crippen molar-refractivity contribution in [1.29, 1.82) is 5.26 Å². The van der Waals surface area contributed by atoms with E-state index < -0.39 is 0 Å². The number of rotatable bonds is 4. The Kier molecular flexibility index (Phi) is 7.14. The highest BCUT2D eigenvalue weighted by Crippen LogP contribution is 2.43. The first kappa shape index (κ1) is 23.0. The van der Waals surface area contributed by atoms with Gasteiger partial charge >= 0.3 is 0 Å². The molecule has 31 heavy (non-hydrogen) atoms. The molecule has 2 aromatic rings. The SMILES string of the molecule is COc1ccc(/C=C/C(=O)NC(=S)Nc2sc3c(c2C#N)CC[C@H](C(C)(C)C)C3)cc1. The second-order valence-corrected chi connectivity index (χ2v) is 10.2. The number of carbonyl (C=O) groups is 1. The van der Waals surface area contributed by atoms with Gasteiger partial charge in [0.05, 0.1) is 12.7 Å². The normalized spacial score (nSPS) is 15.8. The van der Waals surface area contributed by atoms with Crippen LogP contribution in [0.15, 0.2) is 30.3 Å². The molecule has 2 N–H and O–H groups in total. The van der Waals surface area contributed by atoms with Gasteiger partial charge in [0.25, 0.3) is 0 Å². The van der Waals surface area contributed by atoms with Gasteiger partial charge in [-0.05, 0) is 72.1 Å². The van der Waals surface area contributed by atoms with Crippen molar-refractivity contribution in [3.63, 3.8) is 0 Å². The van der Waals surface area contributed by atoms with E-state index in [9.17, 15) is 10.1 Å². The third-order valence-corrected chi connectivity index (χ3v) is 6.98. The highest BCUT2D eigenvalue weighted by Gasteiger charge is 2.32. The Hall–Kier alpha value is -2.69. The number of methoxy groups -OCH3 is 1. The average molecular weight is 454 g/mol. The van der Waals surface area contributed by atoms with Crippen LogP contribution in [0.4, 0.5) is 5.00 Å². The summed E-state index contributed by atoms with van der Waals surface area (Å²) in [7, 11) is 1.61. The number of hydrogen-bond donors (Lipinski definition) is 2. The van der Waals surface area contributed by atoms with Crippen molar-refractivity contribution in [3.05, 3.63) is 51.9 Å². The van der Waals surface area contributed by atoms with Crippen molar-refractivity contribution in [2.24, 2.45) is 11.3 Å². The third-order valence-electron chi connectivity index (χ3n) is 5.61. The molecule has 162 valence electrons. The van der Waals surface area contributed by atoms with Crippen molar-refractivity contribution in [3.8, 4) is 11.8 Å². The molecule has 0 unspecified atom stereocenters. The van der Waals surface area contributed by atoms with Gasteiger partial charge in [0.2, 0.25) is 5.91 Å². The number of carbonyl (C=O) groups excluding carboxylic acids is 1. The fraction of sp³-hybridized carbons (Fsp3) is 0.375. The molecule has 1 aromatic carbocycles. The van der Waals surface area contributed by atoms with E-state index in [1.54, 1.807) is 24.5 Å². The Morgan fingerprint density at radius 1 is 1.32 bits per heavy atom. The molecular weight excluding hydrogens is 426 g/mol. The van der Waals surface area contributed by atoms with Gasteiger partial charge in [0.15, 0.2) is 5.11 Å². The Labute approximate surface area is 193 Å². The Morgan fingerprint density at radius 2 is 2.03 bits per heavy atom. The molecular formula is C24H27N3O2S2. The van der Waals surface area contributed by atoms with Gasteiger partial charge in [-0.3, -0.25) is 10.1 Å². The highest BCUT2D eigenvalue weighted by molar-refractivity contribution is 7.80. The molecule has 0 aliphatic heterocycles. The molecule has 0 bridgehead atoms. The molecule has 7 heteroatoms. The summed E-state index contributed by atoms with van der Waals surface area (Å²) in [5.41, 5.74) is 2.89. The van der Waals surface area contributed by atoms with Gasteiger partial charge in [-0.2, -0.15) is 5.26 Å². The second kappa shape index (κ2) is 9.63. The first-order valence-corrected chi connectivity index (χ1v) is 11.4. The summed E-state index contributed by atoms with van der Waals surface area (Å²) >= 11 is 6.88. The lowest BCUT2D eigenvalue weighted by Gasteiger charge is -2.33. The van der Waals surface area contributed by atoms with E-state index >= 15 is 0 Å². The molecule has 1 atom stereocenters. The van der Waals surface area contributed by atoms with Crippen LogP contribution < -0.4 is 15.4 Å². The Bertz CT molecular complexity index is 1040. The van der Waals surface area contributed by atoms with Gasteiger partial charge in [0.1, 0.15) is 16.8 Å². The summed E-state index contributed by atoms with van der Waals surface area (Å²) in [6.07, 6.45) is 6.09. The number of nitriles is 1. The number of thiophene rings is 1. The number of nitrogens with zero attached hydrogens (tertiary/aromatic N) is 1. The summed E-state index contributed by atoms with van der Waals surface area (Å²) in [5, 5.41) is 16.3. The second-order valence-electron chi connectivity index (χ2n) is 8.68. The molecule has 5 nitrogen and oxygen atoms in total. The first-order chi connectivity index (χ1) is 14.7. The van der Waals surface area contributed by atoms with Gasteiger partial charge in [-0.25, -0.2) is 0 Å². The van der Waals surface area contributed by atoms with Crippen molar-refractivity contribution in [2.75, 3.05) is 12.4 Å². The zero-order valence-electron chi connectivity index (χ0n) is 18.2. The molecule has 1 heterocycles. The molecule has 0 saturated carbocycles. The average Bonchev–Trinajstić information content (AvgIpc) is 3.07. The molecule has 1 aliphatic rings. The minimum atomic E-state index is -0.332. The minimum absolute atomic E-state index is 0.187. The number of thiocarbonyl (C=S) groups is 1. The number of anilines is 1. The molecule has 3 rings (SSSR count). The van der Waals surface area contributed by atoms with Gasteiger partial charge in [-0.1, -0.05) is 32.9 Å². The van der Waals surface area contributed by atoms with Crippen LogP contribution in [0, 0.1) is 22.7 Å². The predicted octanol–water partition coefficient (Wildman–Crippen LogP) is 5.31. The molecule has 1 aromatic heterocycles. The number of nitrogens with one attached hydrogen (secondary N) is 2. The van der Waals surface area contributed by atoms with Crippen LogP contribution in [0.5, 0.6) is 5.75 Å². The summed E-state index contributed by atoms with van der Waals surface area (Å²) in [4.78, 5) is 13.5. The van der Waals surface area contributed by atoms with E-state index in [-0.39, 0.29) is 16.4 Å². The van der Waals surface area contributed by atoms with Crippen LogP contribution in [0.2, 0.25) is 0 Å². The maximum atomic E-state index is 12.2. The lowest BCUT2D eigenvalue weighted by molar-refractivity contribution is -0.115. The smallest absolute Gasteiger partial charge is 0.250 e. The van der Waals surface area contributed by atoms with Crippen LogP contribution in [-0.4, -0.2) is 18.1 Å². The highest BCUT2D eigenvalue weighted by atomic mass is 32.1. The molecule has 0 fully saturated rings. The van der Waals surface area contributed by atoms with Gasteiger partial charge < -0.3 is 10.1 Å². The van der Waals surface area contributed by atoms with Crippen LogP contribution in [-0.2, 0) is 17.6 Å². The monoisotopic (exact) mass is 453 g/mol. The van der Waals surface area contributed by atoms with Gasteiger partial charge in [0, 0.05) is 11.0 Å². The zero-order valence-corrected chi connectivity index (χ0v) is 19.9. The standard InChI is InChI=1S/C24H27N3O2S2/c1-24(2,3)16-8-11-18-19(14-25)22(31-20(18)13-16)27-23(30)26-21(28)12-7-15-5-9-17(29-4)10-6-15/h5-7,9-10,12,16H,8,11,13H2,1-4H3,(H2,26,27,28,30)/b12-7+/t16-/m0/s1. The maximum Gasteiger partial charge on any atom is 0.250 e. The summed E-state index contributed by atoms with van der Waals surface area (Å²) in [6, 6.07) is 9.70. The van der Waals surface area contributed by atoms with Gasteiger partial charge in [-0.15, -0.1) is 11.3 Å². The fourth-order valence-electron chi connectivity index (χ4n) is 3.71. The Morgan fingerprint density at radius 3 is 2.65 bits per heavy atom. The lowest BCUT2D eigenvalue weighted by atomic mass is 9.72. The number of hydrogen-bond acceptors (Lipinski definition) is 5. The van der Waals surface area contributed by atoms with E-state index in [1.807, 2.05) is 24.3 Å². The van der Waals surface area contributed by atoms with E-state index in [1.165, 1.54) is 11.0 Å². The van der Waals surface area contributed by atoms with E-state index in [4.69, 9.17) is 17.0 Å². The summed E-state index contributed by atoms with van der Waals surface area (Å²) in [6.45, 7) is 6.81. The van der Waals surface area contributed by atoms with Crippen LogP contribution in [0.1, 0.15) is 48.8 Å². The summed E-state index contributed by atoms with van der Waals surface area (Å²) in [5.74, 6) is 1.02. The maximum absolute atomic E-state index is 12.2. The Balaban J connectivity index is 1.64. The van der Waals surface area contributed by atoms with Crippen molar-refractivity contribution in [1.82, 2.24) is 5.32 Å². The number of benzene rings is 1. The topological polar surface area (TPSA) is 74.2 Å². The van der Waals surface area contributed by atoms with Crippen molar-refractivity contribution >= 4 is 45.7 Å². The predicted molar refractivity (Wildman–Crippen MR) is 130 cm³/mol. The third kappa shape index (κ3) is 5.72. The number of ether oxygens (including phenoxy) is 1. The minimum Gasteiger partial charge on any atom is -0.497 e.